The second-order valence-electron chi connectivity index (χ2n) is 4.84. The van der Waals surface area contributed by atoms with Gasteiger partial charge in [-0.15, -0.1) is 0 Å². The molecule has 110 valence electrons. The van der Waals surface area contributed by atoms with Gasteiger partial charge < -0.3 is 10.0 Å². The van der Waals surface area contributed by atoms with Gasteiger partial charge in [0.1, 0.15) is 11.4 Å². The molecule has 20 heavy (non-hydrogen) atoms. The molecular formula is C12H18N4O4. The van der Waals surface area contributed by atoms with Gasteiger partial charge >= 0.3 is 5.97 Å². The smallest absolute Gasteiger partial charge is 0.304 e. The summed E-state index contributed by atoms with van der Waals surface area (Å²) in [4.78, 5) is 26.4. The van der Waals surface area contributed by atoms with E-state index in [-0.39, 0.29) is 18.7 Å². The van der Waals surface area contributed by atoms with Crippen LogP contribution < -0.4 is 0 Å². The third-order valence-corrected chi connectivity index (χ3v) is 3.43. The van der Waals surface area contributed by atoms with Crippen molar-refractivity contribution in [1.29, 1.82) is 0 Å². The third-order valence-electron chi connectivity index (χ3n) is 3.43. The summed E-state index contributed by atoms with van der Waals surface area (Å²) in [6, 6.07) is 0. The Hall–Kier alpha value is -1.96. The molecule has 1 aromatic heterocycles. The number of rotatable bonds is 5. The lowest BCUT2D eigenvalue weighted by atomic mass is 10.2. The molecule has 1 amide bonds. The van der Waals surface area contributed by atoms with Crippen LogP contribution in [0.2, 0.25) is 0 Å². The van der Waals surface area contributed by atoms with Crippen LogP contribution in [-0.2, 0) is 16.0 Å². The Bertz CT molecular complexity index is 480. The highest BCUT2D eigenvalue weighted by molar-refractivity contribution is 5.78. The molecule has 2 heterocycles. The van der Waals surface area contributed by atoms with E-state index in [1.165, 1.54) is 0 Å². The highest BCUT2D eigenvalue weighted by Crippen LogP contribution is 2.08. The highest BCUT2D eigenvalue weighted by Gasteiger charge is 2.22. The first-order chi connectivity index (χ1) is 9.56. The molecule has 8 heteroatoms. The number of hydrogen-bond donors (Lipinski definition) is 1. The number of aliphatic carboxylic acids is 1. The van der Waals surface area contributed by atoms with E-state index >= 15 is 0 Å². The predicted molar refractivity (Wildman–Crippen MR) is 68.0 cm³/mol. The molecule has 0 aliphatic carbocycles. The number of piperazine rings is 1. The molecule has 1 fully saturated rings. The minimum atomic E-state index is -0.794. The number of carboxylic acids is 1. The van der Waals surface area contributed by atoms with Gasteiger partial charge in [0.25, 0.3) is 0 Å². The number of aryl methyl sites for hydroxylation is 1. The quantitative estimate of drug-likeness (QED) is 0.780. The van der Waals surface area contributed by atoms with Crippen molar-refractivity contribution in [3.05, 3.63) is 11.4 Å². The molecule has 1 saturated heterocycles. The Morgan fingerprint density at radius 2 is 1.95 bits per heavy atom. The number of nitrogens with zero attached hydrogens (tertiary/aromatic N) is 4. The lowest BCUT2D eigenvalue weighted by molar-refractivity contribution is -0.138. The van der Waals surface area contributed by atoms with E-state index in [4.69, 9.17) is 5.11 Å². The summed E-state index contributed by atoms with van der Waals surface area (Å²) in [6.07, 6.45) is 0.336. The number of hydrogen-bond acceptors (Lipinski definition) is 6. The first-order valence-corrected chi connectivity index (χ1v) is 6.56. The molecule has 0 spiro atoms. The van der Waals surface area contributed by atoms with E-state index < -0.39 is 5.97 Å². The van der Waals surface area contributed by atoms with Crippen molar-refractivity contribution in [2.24, 2.45) is 0 Å². The standard InChI is InChI=1S/C12H18N4O4/c1-9-10(14-20-13-9)8-11(17)16-6-4-15(5-7-16)3-2-12(18)19/h2-8H2,1H3,(H,18,19). The number of carboxylic acid groups (broad SMARTS) is 1. The van der Waals surface area contributed by atoms with E-state index in [1.54, 1.807) is 11.8 Å². The van der Waals surface area contributed by atoms with Crippen molar-refractivity contribution in [3.8, 4) is 0 Å². The van der Waals surface area contributed by atoms with Crippen molar-refractivity contribution in [2.45, 2.75) is 19.8 Å². The summed E-state index contributed by atoms with van der Waals surface area (Å²) in [5.41, 5.74) is 1.21. The van der Waals surface area contributed by atoms with Crippen molar-refractivity contribution < 1.29 is 19.3 Å². The fourth-order valence-electron chi connectivity index (χ4n) is 2.14. The SMILES string of the molecule is Cc1nonc1CC(=O)N1CCN(CCC(=O)O)CC1. The Kier molecular flexibility index (Phi) is 4.67. The molecule has 2 rings (SSSR count). The summed E-state index contributed by atoms with van der Waals surface area (Å²) in [5.74, 6) is -0.792. The average molecular weight is 282 g/mol. The second-order valence-corrected chi connectivity index (χ2v) is 4.84. The van der Waals surface area contributed by atoms with Crippen LogP contribution in [0.4, 0.5) is 0 Å². The second kappa shape index (κ2) is 6.47. The van der Waals surface area contributed by atoms with E-state index in [0.717, 1.165) is 0 Å². The van der Waals surface area contributed by atoms with Gasteiger partial charge in [0.15, 0.2) is 0 Å². The van der Waals surface area contributed by atoms with E-state index in [9.17, 15) is 9.59 Å². The lowest BCUT2D eigenvalue weighted by Crippen LogP contribution is -2.49. The molecule has 0 atom stereocenters. The molecule has 0 aromatic carbocycles. The molecule has 1 N–H and O–H groups in total. The largest absolute Gasteiger partial charge is 0.481 e. The minimum Gasteiger partial charge on any atom is -0.481 e. The molecule has 1 aliphatic rings. The Morgan fingerprint density at radius 3 is 2.50 bits per heavy atom. The summed E-state index contributed by atoms with van der Waals surface area (Å²) >= 11 is 0. The van der Waals surface area contributed by atoms with Gasteiger partial charge in [0.2, 0.25) is 5.91 Å². The maximum Gasteiger partial charge on any atom is 0.304 e. The van der Waals surface area contributed by atoms with Crippen LogP contribution in [-0.4, -0.2) is 69.8 Å². The van der Waals surface area contributed by atoms with Gasteiger partial charge in [0, 0.05) is 32.7 Å². The fraction of sp³-hybridized carbons (Fsp3) is 0.667. The van der Waals surface area contributed by atoms with Gasteiger partial charge in [-0.1, -0.05) is 10.3 Å². The molecule has 0 unspecified atom stereocenters. The summed E-state index contributed by atoms with van der Waals surface area (Å²) in [6.45, 7) is 4.92. The summed E-state index contributed by atoms with van der Waals surface area (Å²) < 4.78 is 4.57. The van der Waals surface area contributed by atoms with Crippen LogP contribution in [0.3, 0.4) is 0 Å². The van der Waals surface area contributed by atoms with Gasteiger partial charge in [0.05, 0.1) is 12.8 Å². The van der Waals surface area contributed by atoms with Crippen LogP contribution >= 0.6 is 0 Å². The first kappa shape index (κ1) is 14.4. The molecule has 0 bridgehead atoms. The first-order valence-electron chi connectivity index (χ1n) is 6.56. The van der Waals surface area contributed by atoms with Crippen LogP contribution in [0.1, 0.15) is 17.8 Å². The van der Waals surface area contributed by atoms with E-state index in [0.29, 0.717) is 44.1 Å². The van der Waals surface area contributed by atoms with Crippen molar-refractivity contribution in [2.75, 3.05) is 32.7 Å². The highest BCUT2D eigenvalue weighted by atomic mass is 16.6. The normalized spacial score (nSPS) is 16.4. The third kappa shape index (κ3) is 3.77. The fourth-order valence-corrected chi connectivity index (χ4v) is 2.14. The van der Waals surface area contributed by atoms with Crippen LogP contribution in [0.5, 0.6) is 0 Å². The number of carbonyl (C=O) groups is 2. The van der Waals surface area contributed by atoms with Crippen molar-refractivity contribution >= 4 is 11.9 Å². The van der Waals surface area contributed by atoms with Gasteiger partial charge in [-0.05, 0) is 6.92 Å². The maximum absolute atomic E-state index is 12.1. The van der Waals surface area contributed by atoms with E-state index in [1.807, 2.05) is 0 Å². The molecule has 1 aliphatic heterocycles. The molecule has 0 radical (unpaired) electrons. The van der Waals surface area contributed by atoms with Crippen LogP contribution in [0, 0.1) is 6.92 Å². The van der Waals surface area contributed by atoms with Crippen molar-refractivity contribution in [3.63, 3.8) is 0 Å². The Balaban J connectivity index is 1.77. The van der Waals surface area contributed by atoms with Crippen LogP contribution in [0.25, 0.3) is 0 Å². The molecular weight excluding hydrogens is 264 g/mol. The molecule has 1 aromatic rings. The van der Waals surface area contributed by atoms with E-state index in [2.05, 4.69) is 19.8 Å². The number of aromatic nitrogens is 2. The maximum atomic E-state index is 12.1. The zero-order valence-electron chi connectivity index (χ0n) is 11.4. The average Bonchev–Trinajstić information content (AvgIpc) is 2.82. The van der Waals surface area contributed by atoms with Gasteiger partial charge in [-0.2, -0.15) is 0 Å². The summed E-state index contributed by atoms with van der Waals surface area (Å²) in [5, 5.41) is 16.0. The Morgan fingerprint density at radius 1 is 1.25 bits per heavy atom. The Labute approximate surface area is 116 Å². The van der Waals surface area contributed by atoms with Crippen LogP contribution in [0.15, 0.2) is 4.63 Å². The lowest BCUT2D eigenvalue weighted by Gasteiger charge is -2.34. The van der Waals surface area contributed by atoms with Crippen molar-refractivity contribution in [1.82, 2.24) is 20.1 Å². The van der Waals surface area contributed by atoms with Gasteiger partial charge in [-0.3, -0.25) is 14.5 Å². The number of carbonyl (C=O) groups excluding carboxylic acids is 1. The topological polar surface area (TPSA) is 99.8 Å². The number of amides is 1. The zero-order chi connectivity index (χ0) is 14.5. The molecule has 0 saturated carbocycles. The zero-order valence-corrected chi connectivity index (χ0v) is 11.4. The van der Waals surface area contributed by atoms with Gasteiger partial charge in [-0.25, -0.2) is 4.63 Å². The summed E-state index contributed by atoms with van der Waals surface area (Å²) in [7, 11) is 0. The minimum absolute atomic E-state index is 0.00156. The molecule has 8 nitrogen and oxygen atoms in total. The monoisotopic (exact) mass is 282 g/mol. The predicted octanol–water partition coefficient (Wildman–Crippen LogP) is -0.461.